The predicted molar refractivity (Wildman–Crippen MR) is 144 cm³/mol. The number of aryl methyl sites for hydroxylation is 1. The van der Waals surface area contributed by atoms with Crippen LogP contribution in [0.4, 0.5) is 5.82 Å². The number of ether oxygens (including phenoxy) is 2. The van der Waals surface area contributed by atoms with E-state index in [4.69, 9.17) is 9.47 Å². The molecular formula is C28H34N4O4S. The van der Waals surface area contributed by atoms with Gasteiger partial charge in [-0.25, -0.2) is 9.97 Å². The van der Waals surface area contributed by atoms with Gasteiger partial charge in [0.05, 0.1) is 36.9 Å². The third-order valence-corrected chi connectivity index (χ3v) is 8.10. The fourth-order valence-electron chi connectivity index (χ4n) is 5.02. The van der Waals surface area contributed by atoms with Crippen LogP contribution in [0.3, 0.4) is 0 Å². The molecule has 5 rings (SSSR count). The van der Waals surface area contributed by atoms with E-state index in [1.807, 2.05) is 0 Å². The SMILES string of the molecule is Cc1nc(CC(=O)O)c(C2OCCCO2)c(N[C@H](C)c2ccc(-c3ccccc3CN3CCCC3)s2)n1. The number of likely N-dealkylation sites (tertiary alicyclic amines) is 1. The van der Waals surface area contributed by atoms with Crippen molar-refractivity contribution in [2.24, 2.45) is 0 Å². The van der Waals surface area contributed by atoms with E-state index in [-0.39, 0.29) is 12.5 Å². The van der Waals surface area contributed by atoms with Gasteiger partial charge in [0.1, 0.15) is 11.6 Å². The Hall–Kier alpha value is -2.85. The lowest BCUT2D eigenvalue weighted by molar-refractivity contribution is -0.183. The first-order chi connectivity index (χ1) is 18.0. The minimum atomic E-state index is -0.954. The zero-order valence-corrected chi connectivity index (χ0v) is 22.2. The maximum atomic E-state index is 11.6. The molecule has 0 spiro atoms. The summed E-state index contributed by atoms with van der Waals surface area (Å²) in [6.07, 6.45) is 2.46. The summed E-state index contributed by atoms with van der Waals surface area (Å²) < 4.78 is 11.7. The number of carbonyl (C=O) groups is 1. The molecule has 4 heterocycles. The fourth-order valence-corrected chi connectivity index (χ4v) is 6.09. The number of hydrogen-bond donors (Lipinski definition) is 2. The number of nitrogens with one attached hydrogen (secondary N) is 1. The number of nitrogens with zero attached hydrogens (tertiary/aromatic N) is 3. The molecule has 8 nitrogen and oxygen atoms in total. The van der Waals surface area contributed by atoms with Crippen molar-refractivity contribution in [3.63, 3.8) is 0 Å². The average Bonchev–Trinajstić information content (AvgIpc) is 3.57. The van der Waals surface area contributed by atoms with E-state index in [0.717, 1.165) is 13.0 Å². The van der Waals surface area contributed by atoms with E-state index in [1.54, 1.807) is 18.3 Å². The maximum Gasteiger partial charge on any atom is 0.309 e. The number of rotatable bonds is 9. The van der Waals surface area contributed by atoms with Gasteiger partial charge < -0.3 is 19.9 Å². The average molecular weight is 523 g/mol. The van der Waals surface area contributed by atoms with Crippen LogP contribution >= 0.6 is 11.3 Å². The van der Waals surface area contributed by atoms with E-state index < -0.39 is 12.3 Å². The normalized spacial score (nSPS) is 17.7. The maximum absolute atomic E-state index is 11.6. The summed E-state index contributed by atoms with van der Waals surface area (Å²) in [7, 11) is 0. The van der Waals surface area contributed by atoms with Crippen molar-refractivity contribution in [2.75, 3.05) is 31.6 Å². The molecule has 0 unspecified atom stereocenters. The van der Waals surface area contributed by atoms with E-state index >= 15 is 0 Å². The zero-order valence-electron chi connectivity index (χ0n) is 21.4. The number of aliphatic carboxylic acids is 1. The van der Waals surface area contributed by atoms with Crippen molar-refractivity contribution >= 4 is 23.1 Å². The monoisotopic (exact) mass is 522 g/mol. The predicted octanol–water partition coefficient (Wildman–Crippen LogP) is 5.35. The molecule has 0 bridgehead atoms. The van der Waals surface area contributed by atoms with E-state index in [9.17, 15) is 9.90 Å². The second-order valence-electron chi connectivity index (χ2n) is 9.69. The van der Waals surface area contributed by atoms with Crippen LogP contribution in [-0.2, 0) is 27.2 Å². The summed E-state index contributed by atoms with van der Waals surface area (Å²) in [5.41, 5.74) is 3.64. The van der Waals surface area contributed by atoms with Crippen molar-refractivity contribution in [2.45, 2.75) is 58.4 Å². The summed E-state index contributed by atoms with van der Waals surface area (Å²) in [4.78, 5) is 25.6. The van der Waals surface area contributed by atoms with Crippen molar-refractivity contribution in [1.82, 2.24) is 14.9 Å². The van der Waals surface area contributed by atoms with Gasteiger partial charge in [-0.15, -0.1) is 11.3 Å². The number of benzene rings is 1. The van der Waals surface area contributed by atoms with Crippen LogP contribution < -0.4 is 5.32 Å². The first-order valence-electron chi connectivity index (χ1n) is 13.0. The van der Waals surface area contributed by atoms with Crippen LogP contribution in [-0.4, -0.2) is 52.2 Å². The lowest BCUT2D eigenvalue weighted by Gasteiger charge is -2.27. The number of carboxylic acid groups (broad SMARTS) is 1. The van der Waals surface area contributed by atoms with Gasteiger partial charge in [-0.05, 0) is 69.5 Å². The highest BCUT2D eigenvalue weighted by Gasteiger charge is 2.28. The molecule has 2 N–H and O–H groups in total. The molecule has 0 aliphatic carbocycles. The molecule has 0 saturated carbocycles. The van der Waals surface area contributed by atoms with Gasteiger partial charge in [0.15, 0.2) is 6.29 Å². The van der Waals surface area contributed by atoms with Gasteiger partial charge in [0, 0.05) is 16.3 Å². The molecule has 2 fully saturated rings. The largest absolute Gasteiger partial charge is 0.481 e. The molecular weight excluding hydrogens is 488 g/mol. The summed E-state index contributed by atoms with van der Waals surface area (Å²) >= 11 is 1.76. The second-order valence-corrected chi connectivity index (χ2v) is 10.8. The Labute approximate surface area is 221 Å². The summed E-state index contributed by atoms with van der Waals surface area (Å²) in [5.74, 6) is 0.116. The van der Waals surface area contributed by atoms with E-state index in [1.165, 1.54) is 46.8 Å². The van der Waals surface area contributed by atoms with Crippen LogP contribution in [0.5, 0.6) is 0 Å². The topological polar surface area (TPSA) is 96.8 Å². The zero-order chi connectivity index (χ0) is 25.8. The summed E-state index contributed by atoms with van der Waals surface area (Å²) in [6, 6.07) is 13.0. The molecule has 1 atom stereocenters. The Morgan fingerprint density at radius 1 is 1.14 bits per heavy atom. The van der Waals surface area contributed by atoms with Crippen LogP contribution in [0.15, 0.2) is 36.4 Å². The number of thiophene rings is 1. The Morgan fingerprint density at radius 2 is 1.89 bits per heavy atom. The van der Waals surface area contributed by atoms with Gasteiger partial charge in [0.2, 0.25) is 0 Å². The van der Waals surface area contributed by atoms with Crippen molar-refractivity contribution in [1.29, 1.82) is 0 Å². The van der Waals surface area contributed by atoms with E-state index in [2.05, 4.69) is 63.5 Å². The highest BCUT2D eigenvalue weighted by atomic mass is 32.1. The first-order valence-corrected chi connectivity index (χ1v) is 13.8. The third kappa shape index (κ3) is 6.18. The number of hydrogen-bond acceptors (Lipinski definition) is 8. The first kappa shape index (κ1) is 25.8. The molecule has 0 amide bonds. The quantitative estimate of drug-likeness (QED) is 0.389. The van der Waals surface area contributed by atoms with Gasteiger partial charge in [-0.3, -0.25) is 9.69 Å². The Morgan fingerprint density at radius 3 is 2.65 bits per heavy atom. The summed E-state index contributed by atoms with van der Waals surface area (Å²) in [5, 5.41) is 13.0. The summed E-state index contributed by atoms with van der Waals surface area (Å²) in [6.45, 7) is 8.28. The number of anilines is 1. The second kappa shape index (κ2) is 11.7. The van der Waals surface area contributed by atoms with Gasteiger partial charge in [-0.2, -0.15) is 0 Å². The van der Waals surface area contributed by atoms with Crippen LogP contribution in [0.25, 0.3) is 10.4 Å². The molecule has 9 heteroatoms. The van der Waals surface area contributed by atoms with Crippen molar-refractivity contribution in [3.05, 3.63) is 63.9 Å². The minimum absolute atomic E-state index is 0.0567. The Bertz CT molecular complexity index is 1230. The molecule has 1 aromatic carbocycles. The third-order valence-electron chi connectivity index (χ3n) is 6.80. The highest BCUT2D eigenvalue weighted by Crippen LogP contribution is 2.37. The highest BCUT2D eigenvalue weighted by molar-refractivity contribution is 7.15. The molecule has 2 aliphatic heterocycles. The molecule has 2 aromatic heterocycles. The van der Waals surface area contributed by atoms with Crippen LogP contribution in [0.1, 0.15) is 66.0 Å². The lowest BCUT2D eigenvalue weighted by Crippen LogP contribution is -2.23. The Kier molecular flexibility index (Phi) is 8.14. The van der Waals surface area contributed by atoms with Crippen molar-refractivity contribution < 1.29 is 19.4 Å². The van der Waals surface area contributed by atoms with Crippen molar-refractivity contribution in [3.8, 4) is 10.4 Å². The van der Waals surface area contributed by atoms with Crippen LogP contribution in [0, 0.1) is 6.92 Å². The molecule has 37 heavy (non-hydrogen) atoms. The van der Waals surface area contributed by atoms with Crippen LogP contribution in [0.2, 0.25) is 0 Å². The van der Waals surface area contributed by atoms with Gasteiger partial charge >= 0.3 is 5.97 Å². The number of carboxylic acids is 1. The molecule has 3 aromatic rings. The lowest BCUT2D eigenvalue weighted by atomic mass is 10.1. The smallest absolute Gasteiger partial charge is 0.309 e. The number of aromatic nitrogens is 2. The fraction of sp³-hybridized carbons (Fsp3) is 0.464. The standard InChI is InChI=1S/C28H34N4O4S/c1-18(23-10-11-24(37-23)21-9-4-3-8-20(21)17-32-12-5-6-13-32)29-27-26(28-35-14-7-15-36-28)22(16-25(33)34)30-19(2)31-27/h3-4,8-11,18,28H,5-7,12-17H2,1-2H3,(H,33,34)(H,29,30,31)/t18-/m1/s1. The van der Waals surface area contributed by atoms with E-state index in [0.29, 0.717) is 36.1 Å². The molecule has 0 radical (unpaired) electrons. The Balaban J connectivity index is 1.40. The molecule has 2 saturated heterocycles. The molecule has 196 valence electrons. The van der Waals surface area contributed by atoms with Gasteiger partial charge in [-0.1, -0.05) is 24.3 Å². The minimum Gasteiger partial charge on any atom is -0.481 e. The molecule has 2 aliphatic rings. The van der Waals surface area contributed by atoms with Gasteiger partial charge in [0.25, 0.3) is 0 Å².